The molecule has 156 valence electrons. The summed E-state index contributed by atoms with van der Waals surface area (Å²) in [5.74, 6) is -2.36. The van der Waals surface area contributed by atoms with Gasteiger partial charge in [0.15, 0.2) is 0 Å². The maximum absolute atomic E-state index is 13.7. The Labute approximate surface area is 183 Å². The SMILES string of the molecule is O=C1C2c3c(c4ccccc4oc3=O)C[C@@H](c3ccccc3)C2C(=O)N1c1ccccc1. The molecule has 2 heterocycles. The van der Waals surface area contributed by atoms with E-state index in [1.165, 1.54) is 4.90 Å². The molecule has 3 atom stereocenters. The van der Waals surface area contributed by atoms with Crippen LogP contribution in [0.15, 0.2) is 94.1 Å². The van der Waals surface area contributed by atoms with Gasteiger partial charge >= 0.3 is 5.63 Å². The molecule has 1 fully saturated rings. The number of hydrogen-bond donors (Lipinski definition) is 0. The highest BCUT2D eigenvalue weighted by Gasteiger charge is 2.56. The number of para-hydroxylation sites is 2. The predicted molar refractivity (Wildman–Crippen MR) is 121 cm³/mol. The van der Waals surface area contributed by atoms with E-state index in [-0.39, 0.29) is 17.7 Å². The van der Waals surface area contributed by atoms with Crippen LogP contribution in [0.3, 0.4) is 0 Å². The van der Waals surface area contributed by atoms with Crippen LogP contribution in [0.5, 0.6) is 0 Å². The Hall–Kier alpha value is -3.99. The number of benzene rings is 3. The topological polar surface area (TPSA) is 67.6 Å². The lowest BCUT2D eigenvalue weighted by Gasteiger charge is -2.32. The first-order valence-electron chi connectivity index (χ1n) is 10.7. The highest BCUT2D eigenvalue weighted by Crippen LogP contribution is 2.50. The van der Waals surface area contributed by atoms with Crippen molar-refractivity contribution < 1.29 is 14.0 Å². The monoisotopic (exact) mass is 421 g/mol. The van der Waals surface area contributed by atoms with Crippen LogP contribution in [-0.4, -0.2) is 11.8 Å². The maximum Gasteiger partial charge on any atom is 0.340 e. The summed E-state index contributed by atoms with van der Waals surface area (Å²) >= 11 is 0. The number of carbonyl (C=O) groups is 2. The van der Waals surface area contributed by atoms with Gasteiger partial charge in [0.1, 0.15) is 5.58 Å². The van der Waals surface area contributed by atoms with Gasteiger partial charge in [-0.2, -0.15) is 0 Å². The number of anilines is 1. The van der Waals surface area contributed by atoms with Crippen molar-refractivity contribution in [2.45, 2.75) is 18.3 Å². The lowest BCUT2D eigenvalue weighted by Crippen LogP contribution is -2.34. The Morgan fingerprint density at radius 2 is 1.41 bits per heavy atom. The smallest absolute Gasteiger partial charge is 0.340 e. The lowest BCUT2D eigenvalue weighted by molar-refractivity contribution is -0.122. The Balaban J connectivity index is 1.62. The summed E-state index contributed by atoms with van der Waals surface area (Å²) in [5.41, 5.74) is 2.62. The van der Waals surface area contributed by atoms with Crippen LogP contribution in [0.25, 0.3) is 11.0 Å². The van der Waals surface area contributed by atoms with Crippen molar-refractivity contribution in [3.63, 3.8) is 0 Å². The third-order valence-electron chi connectivity index (χ3n) is 6.72. The molecule has 6 rings (SSSR count). The fourth-order valence-corrected chi connectivity index (χ4v) is 5.37. The molecule has 3 aromatic carbocycles. The lowest BCUT2D eigenvalue weighted by atomic mass is 9.67. The van der Waals surface area contributed by atoms with Gasteiger partial charge in [-0.15, -0.1) is 0 Å². The van der Waals surface area contributed by atoms with Gasteiger partial charge in [-0.05, 0) is 35.7 Å². The maximum atomic E-state index is 13.7. The van der Waals surface area contributed by atoms with Gasteiger partial charge in [0.25, 0.3) is 0 Å². The third kappa shape index (κ3) is 2.61. The molecule has 0 radical (unpaired) electrons. The quantitative estimate of drug-likeness (QED) is 0.355. The molecule has 4 aromatic rings. The summed E-state index contributed by atoms with van der Waals surface area (Å²) in [7, 11) is 0. The van der Waals surface area contributed by atoms with E-state index in [4.69, 9.17) is 4.42 Å². The molecule has 2 aliphatic rings. The summed E-state index contributed by atoms with van der Waals surface area (Å²) < 4.78 is 5.60. The van der Waals surface area contributed by atoms with Crippen molar-refractivity contribution in [3.8, 4) is 0 Å². The highest BCUT2D eigenvalue weighted by atomic mass is 16.4. The van der Waals surface area contributed by atoms with E-state index in [1.54, 1.807) is 30.3 Å². The minimum Gasteiger partial charge on any atom is -0.422 e. The number of fused-ring (bicyclic) bond motifs is 5. The van der Waals surface area contributed by atoms with Crippen LogP contribution >= 0.6 is 0 Å². The highest BCUT2D eigenvalue weighted by molar-refractivity contribution is 6.24. The minimum absolute atomic E-state index is 0.218. The molecule has 1 aliphatic carbocycles. The fourth-order valence-electron chi connectivity index (χ4n) is 5.37. The molecule has 0 spiro atoms. The molecule has 1 aliphatic heterocycles. The van der Waals surface area contributed by atoms with Gasteiger partial charge < -0.3 is 4.42 Å². The summed E-state index contributed by atoms with van der Waals surface area (Å²) in [6.45, 7) is 0. The first-order chi connectivity index (χ1) is 15.6. The van der Waals surface area contributed by atoms with E-state index in [2.05, 4.69) is 0 Å². The molecule has 0 N–H and O–H groups in total. The molecule has 1 aromatic heterocycles. The number of hydrogen-bond acceptors (Lipinski definition) is 4. The predicted octanol–water partition coefficient (Wildman–Crippen LogP) is 4.41. The Morgan fingerprint density at radius 1 is 0.750 bits per heavy atom. The molecule has 2 amide bonds. The molecule has 2 unspecified atom stereocenters. The minimum atomic E-state index is -0.863. The van der Waals surface area contributed by atoms with Crippen molar-refractivity contribution in [1.29, 1.82) is 0 Å². The standard InChI is InChI=1S/C27H19NO4/c29-25-22-19(16-9-3-1-4-10-16)15-20-18-13-7-8-14-21(18)32-27(31)23(20)24(22)26(30)28(25)17-11-5-2-6-12-17/h1-14,19,22,24H,15H2/t19-,22?,24?/m0/s1. The van der Waals surface area contributed by atoms with Crippen LogP contribution in [0.1, 0.15) is 28.5 Å². The van der Waals surface area contributed by atoms with Gasteiger partial charge in [0.2, 0.25) is 11.8 Å². The molecule has 1 saturated heterocycles. The zero-order valence-electron chi connectivity index (χ0n) is 17.1. The number of amides is 2. The number of rotatable bonds is 2. The van der Waals surface area contributed by atoms with Crippen molar-refractivity contribution >= 4 is 28.5 Å². The third-order valence-corrected chi connectivity index (χ3v) is 6.72. The number of nitrogens with zero attached hydrogens (tertiary/aromatic N) is 1. The first-order valence-corrected chi connectivity index (χ1v) is 10.7. The molecule has 0 bridgehead atoms. The molecular formula is C27H19NO4. The summed E-state index contributed by atoms with van der Waals surface area (Å²) in [6, 6.07) is 26.1. The zero-order chi connectivity index (χ0) is 21.8. The molecule has 5 heteroatoms. The van der Waals surface area contributed by atoms with Gasteiger partial charge in [0, 0.05) is 11.3 Å². The number of imide groups is 1. The molecular weight excluding hydrogens is 402 g/mol. The fraction of sp³-hybridized carbons (Fsp3) is 0.148. The second kappa shape index (κ2) is 7.02. The Morgan fingerprint density at radius 3 is 2.16 bits per heavy atom. The van der Waals surface area contributed by atoms with Crippen molar-refractivity contribution in [1.82, 2.24) is 0 Å². The van der Waals surface area contributed by atoms with Crippen LogP contribution in [-0.2, 0) is 16.0 Å². The van der Waals surface area contributed by atoms with E-state index >= 15 is 0 Å². The summed E-state index contributed by atoms with van der Waals surface area (Å²) in [6.07, 6.45) is 0.494. The average molecular weight is 421 g/mol. The largest absolute Gasteiger partial charge is 0.422 e. The van der Waals surface area contributed by atoms with Crippen LogP contribution in [0.4, 0.5) is 5.69 Å². The molecule has 5 nitrogen and oxygen atoms in total. The Kier molecular flexibility index (Phi) is 4.12. The van der Waals surface area contributed by atoms with Crippen LogP contribution in [0.2, 0.25) is 0 Å². The zero-order valence-corrected chi connectivity index (χ0v) is 17.1. The van der Waals surface area contributed by atoms with E-state index in [0.29, 0.717) is 23.3 Å². The summed E-state index contributed by atoms with van der Waals surface area (Å²) in [4.78, 5) is 41.7. The Bertz CT molecular complexity index is 1420. The average Bonchev–Trinajstić information content (AvgIpc) is 3.10. The number of carbonyl (C=O) groups excluding carboxylic acids is 2. The summed E-state index contributed by atoms with van der Waals surface area (Å²) in [5, 5.41) is 0.819. The van der Waals surface area contributed by atoms with Crippen molar-refractivity contribution in [3.05, 3.63) is 112 Å². The van der Waals surface area contributed by atoms with E-state index in [0.717, 1.165) is 16.5 Å². The second-order valence-corrected chi connectivity index (χ2v) is 8.35. The van der Waals surface area contributed by atoms with Gasteiger partial charge in [-0.3, -0.25) is 9.59 Å². The van der Waals surface area contributed by atoms with Crippen LogP contribution < -0.4 is 10.5 Å². The van der Waals surface area contributed by atoms with E-state index < -0.39 is 17.5 Å². The first kappa shape index (κ1) is 18.8. The normalized spacial score (nSPS) is 22.1. The second-order valence-electron chi connectivity index (χ2n) is 8.35. The van der Waals surface area contributed by atoms with Crippen molar-refractivity contribution in [2.75, 3.05) is 4.90 Å². The van der Waals surface area contributed by atoms with Gasteiger partial charge in [-0.25, -0.2) is 9.69 Å². The molecule has 32 heavy (non-hydrogen) atoms. The van der Waals surface area contributed by atoms with Gasteiger partial charge in [0.05, 0.1) is 23.1 Å². The van der Waals surface area contributed by atoms with Gasteiger partial charge in [-0.1, -0.05) is 66.7 Å². The van der Waals surface area contributed by atoms with E-state index in [9.17, 15) is 14.4 Å². The molecule has 0 saturated carbocycles. The van der Waals surface area contributed by atoms with Crippen LogP contribution in [0, 0.1) is 5.92 Å². The van der Waals surface area contributed by atoms with E-state index in [1.807, 2.05) is 54.6 Å². The van der Waals surface area contributed by atoms with Crippen molar-refractivity contribution in [2.24, 2.45) is 5.92 Å².